The van der Waals surface area contributed by atoms with E-state index < -0.39 is 0 Å². The molecule has 1 amide bonds. The van der Waals surface area contributed by atoms with Gasteiger partial charge in [-0.05, 0) is 37.5 Å². The molecule has 3 heteroatoms. The molecule has 17 heavy (non-hydrogen) atoms. The van der Waals surface area contributed by atoms with Crippen LogP contribution in [0.4, 0.5) is 5.69 Å². The summed E-state index contributed by atoms with van der Waals surface area (Å²) in [6.45, 7) is 2.01. The van der Waals surface area contributed by atoms with E-state index in [1.807, 2.05) is 25.1 Å². The van der Waals surface area contributed by atoms with Gasteiger partial charge in [0.2, 0.25) is 5.91 Å². The van der Waals surface area contributed by atoms with Crippen LogP contribution in [0.2, 0.25) is 0 Å². The molecule has 2 nitrogen and oxygen atoms in total. The molecular formula is C14H16BrNO. The van der Waals surface area contributed by atoms with Crippen molar-refractivity contribution in [3.8, 4) is 12.3 Å². The van der Waals surface area contributed by atoms with Gasteiger partial charge in [-0.3, -0.25) is 4.79 Å². The zero-order valence-corrected chi connectivity index (χ0v) is 11.5. The minimum Gasteiger partial charge on any atom is -0.326 e. The van der Waals surface area contributed by atoms with Crippen molar-refractivity contribution in [2.75, 3.05) is 5.32 Å². The molecule has 0 heterocycles. The van der Waals surface area contributed by atoms with Crippen LogP contribution in [0.5, 0.6) is 0 Å². The Hall–Kier alpha value is -1.27. The fourth-order valence-corrected chi connectivity index (χ4v) is 1.79. The van der Waals surface area contributed by atoms with E-state index in [1.54, 1.807) is 0 Å². The summed E-state index contributed by atoms with van der Waals surface area (Å²) < 4.78 is 1.00. The average molecular weight is 294 g/mol. The monoisotopic (exact) mass is 293 g/mol. The lowest BCUT2D eigenvalue weighted by Gasteiger charge is -2.06. The number of terminal acetylenes is 1. The second kappa shape index (κ2) is 7.13. The van der Waals surface area contributed by atoms with Crippen molar-refractivity contribution >= 4 is 27.5 Å². The Labute approximate surface area is 111 Å². The van der Waals surface area contributed by atoms with E-state index in [1.165, 1.54) is 0 Å². The van der Waals surface area contributed by atoms with E-state index >= 15 is 0 Å². The van der Waals surface area contributed by atoms with Gasteiger partial charge in [0, 0.05) is 23.0 Å². The van der Waals surface area contributed by atoms with Crippen LogP contribution < -0.4 is 5.32 Å². The Kier molecular flexibility index (Phi) is 5.79. The molecule has 1 aromatic rings. The number of aryl methyl sites for hydroxylation is 1. The van der Waals surface area contributed by atoms with Crippen LogP contribution in [-0.4, -0.2) is 5.91 Å². The second-order valence-electron chi connectivity index (χ2n) is 3.92. The lowest BCUT2D eigenvalue weighted by Crippen LogP contribution is -2.11. The van der Waals surface area contributed by atoms with E-state index in [-0.39, 0.29) is 5.91 Å². The highest BCUT2D eigenvalue weighted by Crippen LogP contribution is 2.20. The molecule has 0 aliphatic rings. The van der Waals surface area contributed by atoms with Crippen LogP contribution in [-0.2, 0) is 4.79 Å². The number of benzene rings is 1. The van der Waals surface area contributed by atoms with E-state index in [4.69, 9.17) is 6.42 Å². The summed E-state index contributed by atoms with van der Waals surface area (Å²) in [6.07, 6.45) is 8.15. The standard InChI is InChI=1S/C14H16BrNO/c1-3-4-5-6-7-14(17)16-12-9-8-11(2)13(15)10-12/h1,8-10H,4-7H2,2H3,(H,16,17). The van der Waals surface area contributed by atoms with E-state index in [0.717, 1.165) is 35.0 Å². The predicted octanol–water partition coefficient (Wildman–Crippen LogP) is 3.89. The number of carbonyl (C=O) groups excluding carboxylic acids is 1. The number of amides is 1. The first-order valence-electron chi connectivity index (χ1n) is 5.63. The van der Waals surface area contributed by atoms with Crippen molar-refractivity contribution in [3.63, 3.8) is 0 Å². The minimum absolute atomic E-state index is 0.0396. The second-order valence-corrected chi connectivity index (χ2v) is 4.78. The minimum atomic E-state index is 0.0396. The first-order chi connectivity index (χ1) is 8.13. The maximum atomic E-state index is 11.6. The third kappa shape index (κ3) is 5.06. The van der Waals surface area contributed by atoms with Gasteiger partial charge in [0.15, 0.2) is 0 Å². The average Bonchev–Trinajstić information content (AvgIpc) is 2.30. The van der Waals surface area contributed by atoms with E-state index in [9.17, 15) is 4.79 Å². The molecule has 0 radical (unpaired) electrons. The van der Waals surface area contributed by atoms with Crippen molar-refractivity contribution in [2.24, 2.45) is 0 Å². The van der Waals surface area contributed by atoms with Crippen LogP contribution in [0.15, 0.2) is 22.7 Å². The summed E-state index contributed by atoms with van der Waals surface area (Å²) >= 11 is 3.44. The molecule has 1 N–H and O–H groups in total. The number of unbranched alkanes of at least 4 members (excludes halogenated alkanes) is 2. The first kappa shape index (κ1) is 13.8. The SMILES string of the molecule is C#CCCCCC(=O)Nc1ccc(C)c(Br)c1. The number of anilines is 1. The van der Waals surface area contributed by atoms with Gasteiger partial charge < -0.3 is 5.32 Å². The smallest absolute Gasteiger partial charge is 0.224 e. The molecule has 0 bridgehead atoms. The molecule has 0 saturated carbocycles. The van der Waals surface area contributed by atoms with Crippen molar-refractivity contribution in [1.82, 2.24) is 0 Å². The Morgan fingerprint density at radius 3 is 2.88 bits per heavy atom. The summed E-state index contributed by atoms with van der Waals surface area (Å²) in [6, 6.07) is 5.78. The Balaban J connectivity index is 2.40. The van der Waals surface area contributed by atoms with Gasteiger partial charge in [-0.15, -0.1) is 12.3 Å². The molecule has 0 spiro atoms. The Morgan fingerprint density at radius 1 is 1.47 bits per heavy atom. The van der Waals surface area contributed by atoms with Crippen LogP contribution in [0.3, 0.4) is 0 Å². The van der Waals surface area contributed by atoms with Gasteiger partial charge in [0.25, 0.3) is 0 Å². The molecule has 0 aliphatic carbocycles. The summed E-state index contributed by atoms with van der Waals surface area (Å²) in [5.41, 5.74) is 1.97. The normalized spacial score (nSPS) is 9.71. The number of rotatable bonds is 5. The Bertz CT molecular complexity index is 434. The highest BCUT2D eigenvalue weighted by molar-refractivity contribution is 9.10. The van der Waals surface area contributed by atoms with Gasteiger partial charge in [-0.25, -0.2) is 0 Å². The molecular weight excluding hydrogens is 278 g/mol. The summed E-state index contributed by atoms with van der Waals surface area (Å²) in [5.74, 6) is 2.61. The molecule has 0 unspecified atom stereocenters. The van der Waals surface area contributed by atoms with Gasteiger partial charge in [-0.1, -0.05) is 22.0 Å². The number of halogens is 1. The highest BCUT2D eigenvalue weighted by atomic mass is 79.9. The summed E-state index contributed by atoms with van der Waals surface area (Å²) in [5, 5.41) is 2.87. The van der Waals surface area contributed by atoms with E-state index in [0.29, 0.717) is 6.42 Å². The molecule has 0 fully saturated rings. The van der Waals surface area contributed by atoms with Crippen molar-refractivity contribution < 1.29 is 4.79 Å². The van der Waals surface area contributed by atoms with Crippen LogP contribution in [0.1, 0.15) is 31.2 Å². The third-order valence-corrected chi connectivity index (χ3v) is 3.28. The fourth-order valence-electron chi connectivity index (χ4n) is 1.41. The zero-order valence-electron chi connectivity index (χ0n) is 9.92. The van der Waals surface area contributed by atoms with E-state index in [2.05, 4.69) is 27.2 Å². The summed E-state index contributed by atoms with van der Waals surface area (Å²) in [7, 11) is 0. The zero-order chi connectivity index (χ0) is 12.7. The third-order valence-electron chi connectivity index (χ3n) is 2.43. The molecule has 0 aliphatic heterocycles. The molecule has 1 aromatic carbocycles. The van der Waals surface area contributed by atoms with Crippen molar-refractivity contribution in [2.45, 2.75) is 32.6 Å². The van der Waals surface area contributed by atoms with Gasteiger partial charge in [0.1, 0.15) is 0 Å². The predicted molar refractivity (Wildman–Crippen MR) is 74.8 cm³/mol. The Morgan fingerprint density at radius 2 is 2.24 bits per heavy atom. The molecule has 0 aromatic heterocycles. The van der Waals surface area contributed by atoms with Crippen LogP contribution in [0, 0.1) is 19.3 Å². The van der Waals surface area contributed by atoms with Gasteiger partial charge >= 0.3 is 0 Å². The molecule has 0 atom stereocenters. The number of carbonyl (C=O) groups is 1. The fraction of sp³-hybridized carbons (Fsp3) is 0.357. The van der Waals surface area contributed by atoms with Crippen LogP contribution in [0.25, 0.3) is 0 Å². The van der Waals surface area contributed by atoms with Crippen molar-refractivity contribution in [1.29, 1.82) is 0 Å². The quantitative estimate of drug-likeness (QED) is 0.648. The van der Waals surface area contributed by atoms with Crippen LogP contribution >= 0.6 is 15.9 Å². The maximum Gasteiger partial charge on any atom is 0.224 e. The number of hydrogen-bond acceptors (Lipinski definition) is 1. The molecule has 0 saturated heterocycles. The molecule has 1 rings (SSSR count). The van der Waals surface area contributed by atoms with Gasteiger partial charge in [0.05, 0.1) is 0 Å². The summed E-state index contributed by atoms with van der Waals surface area (Å²) in [4.78, 5) is 11.6. The van der Waals surface area contributed by atoms with Crippen molar-refractivity contribution in [3.05, 3.63) is 28.2 Å². The van der Waals surface area contributed by atoms with Gasteiger partial charge in [-0.2, -0.15) is 0 Å². The lowest BCUT2D eigenvalue weighted by atomic mass is 10.2. The number of nitrogens with one attached hydrogen (secondary N) is 1. The molecule has 90 valence electrons. The number of hydrogen-bond donors (Lipinski definition) is 1. The topological polar surface area (TPSA) is 29.1 Å². The largest absolute Gasteiger partial charge is 0.326 e. The highest BCUT2D eigenvalue weighted by Gasteiger charge is 2.03. The maximum absolute atomic E-state index is 11.6. The first-order valence-corrected chi connectivity index (χ1v) is 6.42. The lowest BCUT2D eigenvalue weighted by molar-refractivity contribution is -0.116.